The Morgan fingerprint density at radius 1 is 1.07 bits per heavy atom. The second-order valence-electron chi connectivity index (χ2n) is 8.25. The van der Waals surface area contributed by atoms with Crippen molar-refractivity contribution in [3.8, 4) is 0 Å². The highest BCUT2D eigenvalue weighted by molar-refractivity contribution is 5.75. The van der Waals surface area contributed by atoms with Crippen molar-refractivity contribution in [2.24, 2.45) is 7.05 Å². The van der Waals surface area contributed by atoms with E-state index in [9.17, 15) is 5.11 Å². The molecule has 0 spiro atoms. The molecule has 0 bridgehead atoms. The van der Waals surface area contributed by atoms with Crippen LogP contribution in [0.3, 0.4) is 0 Å². The van der Waals surface area contributed by atoms with Gasteiger partial charge in [0.05, 0.1) is 17.6 Å². The minimum Gasteiger partial charge on any atom is -0.396 e. The molecule has 0 saturated carbocycles. The smallest absolute Gasteiger partial charge is 0.123 e. The van der Waals surface area contributed by atoms with Crippen molar-refractivity contribution >= 4 is 11.0 Å². The van der Waals surface area contributed by atoms with Crippen molar-refractivity contribution in [3.05, 3.63) is 30.1 Å². The summed E-state index contributed by atoms with van der Waals surface area (Å²) in [6, 6.07) is 9.48. The number of likely N-dealkylation sites (tertiary alicyclic amines) is 1. The summed E-state index contributed by atoms with van der Waals surface area (Å²) in [4.78, 5) is 12.5. The maximum absolute atomic E-state index is 9.62. The first-order valence-corrected chi connectivity index (χ1v) is 10.3. The average molecular weight is 372 g/mol. The fourth-order valence-corrected chi connectivity index (χ4v) is 4.83. The minimum absolute atomic E-state index is 0.272. The molecule has 0 amide bonds. The van der Waals surface area contributed by atoms with E-state index < -0.39 is 0 Å². The first-order valence-electron chi connectivity index (χ1n) is 10.3. The number of benzene rings is 1. The van der Waals surface area contributed by atoms with Crippen molar-refractivity contribution < 1.29 is 5.11 Å². The average Bonchev–Trinajstić information content (AvgIpc) is 2.99. The molecule has 6 heteroatoms. The lowest BCUT2D eigenvalue weighted by molar-refractivity contribution is 0.00509. The second kappa shape index (κ2) is 8.27. The fourth-order valence-electron chi connectivity index (χ4n) is 4.83. The van der Waals surface area contributed by atoms with E-state index in [0.717, 1.165) is 43.9 Å². The first kappa shape index (κ1) is 18.9. The molecule has 1 N–H and O–H groups in total. The second-order valence-corrected chi connectivity index (χ2v) is 8.25. The van der Waals surface area contributed by atoms with Gasteiger partial charge in [-0.05, 0) is 51.5 Å². The molecule has 1 aromatic carbocycles. The van der Waals surface area contributed by atoms with Crippen molar-refractivity contribution in [3.63, 3.8) is 0 Å². The number of aliphatic hydroxyl groups excluding tert-OH is 1. The molecule has 27 heavy (non-hydrogen) atoms. The largest absolute Gasteiger partial charge is 0.396 e. The zero-order valence-electron chi connectivity index (χ0n) is 16.7. The van der Waals surface area contributed by atoms with E-state index in [4.69, 9.17) is 4.98 Å². The molecular formula is C21H33N5O. The van der Waals surface area contributed by atoms with Gasteiger partial charge in [-0.1, -0.05) is 12.1 Å². The Kier molecular flexibility index (Phi) is 5.78. The van der Waals surface area contributed by atoms with Gasteiger partial charge in [0, 0.05) is 45.4 Å². The maximum atomic E-state index is 9.62. The van der Waals surface area contributed by atoms with Crippen LogP contribution in [0.1, 0.15) is 25.1 Å². The Balaban J connectivity index is 1.44. The number of hydrogen-bond acceptors (Lipinski definition) is 5. The van der Waals surface area contributed by atoms with E-state index in [1.54, 1.807) is 0 Å². The third-order valence-corrected chi connectivity index (χ3v) is 6.48. The zero-order valence-corrected chi connectivity index (χ0v) is 16.7. The van der Waals surface area contributed by atoms with Gasteiger partial charge in [0.25, 0.3) is 0 Å². The van der Waals surface area contributed by atoms with Crippen LogP contribution in [-0.2, 0) is 13.6 Å². The van der Waals surface area contributed by atoms with Crippen LogP contribution >= 0.6 is 0 Å². The Morgan fingerprint density at radius 3 is 2.59 bits per heavy atom. The van der Waals surface area contributed by atoms with Crippen LogP contribution in [0.2, 0.25) is 0 Å². The summed E-state index contributed by atoms with van der Waals surface area (Å²) in [5, 5.41) is 9.62. The highest BCUT2D eigenvalue weighted by Crippen LogP contribution is 2.24. The van der Waals surface area contributed by atoms with Crippen LogP contribution in [0.25, 0.3) is 11.0 Å². The molecule has 0 aliphatic carbocycles. The summed E-state index contributed by atoms with van der Waals surface area (Å²) in [6.07, 6.45) is 3.37. The predicted molar refractivity (Wildman–Crippen MR) is 109 cm³/mol. The number of aryl methyl sites for hydroxylation is 1. The number of fused-ring (bicyclic) bond motifs is 1. The normalized spacial score (nSPS) is 24.0. The number of hydrogen-bond donors (Lipinski definition) is 1. The topological polar surface area (TPSA) is 47.8 Å². The molecule has 1 unspecified atom stereocenters. The number of para-hydroxylation sites is 2. The van der Waals surface area contributed by atoms with Crippen LogP contribution in [-0.4, -0.2) is 87.8 Å². The lowest BCUT2D eigenvalue weighted by Gasteiger charge is -2.47. The predicted octanol–water partition coefficient (Wildman–Crippen LogP) is 1.54. The molecule has 6 nitrogen and oxygen atoms in total. The number of aromatic nitrogens is 2. The van der Waals surface area contributed by atoms with Crippen LogP contribution < -0.4 is 0 Å². The van der Waals surface area contributed by atoms with E-state index in [1.807, 2.05) is 0 Å². The number of imidazole rings is 1. The van der Waals surface area contributed by atoms with Gasteiger partial charge in [-0.2, -0.15) is 0 Å². The highest BCUT2D eigenvalue weighted by Gasteiger charge is 2.33. The van der Waals surface area contributed by atoms with Crippen molar-refractivity contribution in [1.29, 1.82) is 0 Å². The molecule has 2 fully saturated rings. The summed E-state index contributed by atoms with van der Waals surface area (Å²) < 4.78 is 2.22. The SMILES string of the molecule is CN1CCC(N2CCN(Cc3nc4ccccc4n3C)CC2CCO)CC1. The lowest BCUT2D eigenvalue weighted by Crippen LogP contribution is -2.58. The first-order chi connectivity index (χ1) is 13.2. The van der Waals surface area contributed by atoms with Gasteiger partial charge in [0.15, 0.2) is 0 Å². The summed E-state index contributed by atoms with van der Waals surface area (Å²) in [5.41, 5.74) is 2.27. The van der Waals surface area contributed by atoms with Crippen LogP contribution in [0.15, 0.2) is 24.3 Å². The summed E-state index contributed by atoms with van der Waals surface area (Å²) in [7, 11) is 4.33. The molecule has 3 heterocycles. The molecule has 2 aliphatic heterocycles. The van der Waals surface area contributed by atoms with E-state index >= 15 is 0 Å². The number of nitrogens with zero attached hydrogens (tertiary/aromatic N) is 5. The monoisotopic (exact) mass is 371 g/mol. The fraction of sp³-hybridized carbons (Fsp3) is 0.667. The van der Waals surface area contributed by atoms with Crippen LogP contribution in [0.4, 0.5) is 0 Å². The van der Waals surface area contributed by atoms with Crippen LogP contribution in [0.5, 0.6) is 0 Å². The van der Waals surface area contributed by atoms with Gasteiger partial charge < -0.3 is 14.6 Å². The Bertz CT molecular complexity index is 752. The van der Waals surface area contributed by atoms with Gasteiger partial charge in [0.2, 0.25) is 0 Å². The molecule has 2 saturated heterocycles. The summed E-state index contributed by atoms with van der Waals surface area (Å²) in [6.45, 7) is 6.74. The molecule has 0 radical (unpaired) electrons. The molecule has 2 aliphatic rings. The number of aliphatic hydroxyl groups is 1. The number of piperidine rings is 1. The van der Waals surface area contributed by atoms with Gasteiger partial charge in [0.1, 0.15) is 5.82 Å². The highest BCUT2D eigenvalue weighted by atomic mass is 16.3. The standard InChI is InChI=1S/C21H33N5O/c1-23-10-7-17(8-11-23)26-13-12-25(15-18(26)9-14-27)16-21-22-19-5-3-4-6-20(19)24(21)2/h3-6,17-18,27H,7-16H2,1-2H3. The van der Waals surface area contributed by atoms with Gasteiger partial charge in [-0.3, -0.25) is 9.80 Å². The minimum atomic E-state index is 0.272. The number of piperazine rings is 1. The molecule has 148 valence electrons. The van der Waals surface area contributed by atoms with Gasteiger partial charge >= 0.3 is 0 Å². The molecule has 1 atom stereocenters. The van der Waals surface area contributed by atoms with E-state index in [0.29, 0.717) is 12.1 Å². The van der Waals surface area contributed by atoms with Gasteiger partial charge in [-0.15, -0.1) is 0 Å². The van der Waals surface area contributed by atoms with E-state index in [-0.39, 0.29) is 6.61 Å². The molecular weight excluding hydrogens is 338 g/mol. The molecule has 4 rings (SSSR count). The van der Waals surface area contributed by atoms with Crippen LogP contribution in [0, 0.1) is 0 Å². The van der Waals surface area contributed by atoms with Crippen molar-refractivity contribution in [1.82, 2.24) is 24.3 Å². The van der Waals surface area contributed by atoms with E-state index in [2.05, 4.69) is 57.6 Å². The van der Waals surface area contributed by atoms with E-state index in [1.165, 1.54) is 31.4 Å². The Hall–Kier alpha value is -1.47. The Labute approximate surface area is 162 Å². The van der Waals surface area contributed by atoms with Gasteiger partial charge in [-0.25, -0.2) is 4.98 Å². The quantitative estimate of drug-likeness (QED) is 0.864. The molecule has 2 aromatic rings. The maximum Gasteiger partial charge on any atom is 0.123 e. The lowest BCUT2D eigenvalue weighted by atomic mass is 9.98. The Morgan fingerprint density at radius 2 is 1.85 bits per heavy atom. The number of rotatable bonds is 5. The molecule has 1 aromatic heterocycles. The third kappa shape index (κ3) is 4.04. The summed E-state index contributed by atoms with van der Waals surface area (Å²) in [5.74, 6) is 1.13. The summed E-state index contributed by atoms with van der Waals surface area (Å²) >= 11 is 0. The third-order valence-electron chi connectivity index (χ3n) is 6.48. The van der Waals surface area contributed by atoms with Crippen molar-refractivity contribution in [2.45, 2.75) is 37.9 Å². The van der Waals surface area contributed by atoms with Crippen molar-refractivity contribution in [2.75, 3.05) is 46.4 Å². The zero-order chi connectivity index (χ0) is 18.8.